The zero-order valence-electron chi connectivity index (χ0n) is 10.9. The van der Waals surface area contributed by atoms with E-state index in [1.807, 2.05) is 13.8 Å². The smallest absolute Gasteiger partial charge is 0.255 e. The predicted molar refractivity (Wildman–Crippen MR) is 70.6 cm³/mol. The molecule has 1 aromatic carbocycles. The van der Waals surface area contributed by atoms with Crippen LogP contribution in [0.4, 0.5) is 5.69 Å². The molecule has 0 spiro atoms. The summed E-state index contributed by atoms with van der Waals surface area (Å²) in [5, 5.41) is 12.0. The molecule has 0 bridgehead atoms. The van der Waals surface area contributed by atoms with Crippen molar-refractivity contribution in [2.75, 3.05) is 19.5 Å². The van der Waals surface area contributed by atoms with Crippen LogP contribution in [0.25, 0.3) is 0 Å². The molecule has 0 aromatic heterocycles. The van der Waals surface area contributed by atoms with Crippen molar-refractivity contribution in [3.8, 4) is 5.75 Å². The topological polar surface area (TPSA) is 84.6 Å². The van der Waals surface area contributed by atoms with Crippen molar-refractivity contribution >= 4 is 11.6 Å². The molecular formula is C13H20N2O3. The maximum Gasteiger partial charge on any atom is 0.255 e. The molecule has 18 heavy (non-hydrogen) atoms. The molecule has 1 amide bonds. The summed E-state index contributed by atoms with van der Waals surface area (Å²) in [4.78, 5) is 12.1. The van der Waals surface area contributed by atoms with Gasteiger partial charge in [0.05, 0.1) is 31.0 Å². The summed E-state index contributed by atoms with van der Waals surface area (Å²) in [6, 6.07) is 4.71. The number of benzene rings is 1. The van der Waals surface area contributed by atoms with E-state index in [-0.39, 0.29) is 24.5 Å². The number of nitrogens with two attached hydrogens (primary N) is 1. The minimum atomic E-state index is -0.299. The Bertz CT molecular complexity index is 419. The summed E-state index contributed by atoms with van der Waals surface area (Å²) >= 11 is 0. The third kappa shape index (κ3) is 3.13. The number of carbonyl (C=O) groups is 1. The summed E-state index contributed by atoms with van der Waals surface area (Å²) in [6.07, 6.45) is 0. The summed E-state index contributed by atoms with van der Waals surface area (Å²) in [5.74, 6) is 0.202. The van der Waals surface area contributed by atoms with Crippen molar-refractivity contribution in [1.82, 2.24) is 5.32 Å². The predicted octanol–water partition coefficient (Wildman–Crippen LogP) is 1.02. The van der Waals surface area contributed by atoms with Crippen LogP contribution < -0.4 is 15.8 Å². The van der Waals surface area contributed by atoms with Crippen molar-refractivity contribution in [2.24, 2.45) is 5.92 Å². The Hall–Kier alpha value is -1.75. The van der Waals surface area contributed by atoms with E-state index in [0.717, 1.165) is 0 Å². The number of para-hydroxylation sites is 1. The molecule has 5 nitrogen and oxygen atoms in total. The molecule has 0 radical (unpaired) electrons. The van der Waals surface area contributed by atoms with Crippen molar-refractivity contribution in [3.63, 3.8) is 0 Å². The molecule has 0 aliphatic heterocycles. The number of aliphatic hydroxyl groups excluding tert-OH is 1. The Morgan fingerprint density at radius 3 is 2.67 bits per heavy atom. The summed E-state index contributed by atoms with van der Waals surface area (Å²) in [5.41, 5.74) is 6.52. The second kappa shape index (κ2) is 6.26. The number of nitrogens with one attached hydrogen (secondary N) is 1. The quantitative estimate of drug-likeness (QED) is 0.683. The molecule has 1 unspecified atom stereocenters. The zero-order valence-corrected chi connectivity index (χ0v) is 10.9. The number of aliphatic hydroxyl groups is 1. The van der Waals surface area contributed by atoms with Gasteiger partial charge in [0, 0.05) is 0 Å². The second-order valence-corrected chi connectivity index (χ2v) is 4.43. The van der Waals surface area contributed by atoms with E-state index in [2.05, 4.69) is 5.32 Å². The zero-order chi connectivity index (χ0) is 13.7. The van der Waals surface area contributed by atoms with Crippen LogP contribution >= 0.6 is 0 Å². The fourth-order valence-electron chi connectivity index (χ4n) is 1.63. The molecule has 0 saturated carbocycles. The Balaban J connectivity index is 2.94. The van der Waals surface area contributed by atoms with Crippen molar-refractivity contribution < 1.29 is 14.6 Å². The minimum Gasteiger partial charge on any atom is -0.494 e. The van der Waals surface area contributed by atoms with Crippen molar-refractivity contribution in [1.29, 1.82) is 0 Å². The third-order valence-corrected chi connectivity index (χ3v) is 2.81. The van der Waals surface area contributed by atoms with Gasteiger partial charge in [0.15, 0.2) is 5.75 Å². The van der Waals surface area contributed by atoms with Crippen molar-refractivity contribution in [2.45, 2.75) is 19.9 Å². The van der Waals surface area contributed by atoms with Crippen LogP contribution in [-0.2, 0) is 0 Å². The average molecular weight is 252 g/mol. The summed E-state index contributed by atoms with van der Waals surface area (Å²) < 4.78 is 5.12. The molecule has 1 rings (SSSR count). The van der Waals surface area contributed by atoms with Gasteiger partial charge in [-0.05, 0) is 18.1 Å². The minimum absolute atomic E-state index is 0.103. The van der Waals surface area contributed by atoms with E-state index in [0.29, 0.717) is 17.0 Å². The van der Waals surface area contributed by atoms with Gasteiger partial charge in [-0.25, -0.2) is 0 Å². The van der Waals surface area contributed by atoms with Crippen LogP contribution in [0.2, 0.25) is 0 Å². The third-order valence-electron chi connectivity index (χ3n) is 2.81. The Morgan fingerprint density at radius 1 is 1.50 bits per heavy atom. The van der Waals surface area contributed by atoms with E-state index in [1.54, 1.807) is 18.2 Å². The fourth-order valence-corrected chi connectivity index (χ4v) is 1.63. The van der Waals surface area contributed by atoms with E-state index in [1.165, 1.54) is 7.11 Å². The molecule has 100 valence electrons. The van der Waals surface area contributed by atoms with Gasteiger partial charge in [-0.1, -0.05) is 19.9 Å². The number of hydrogen-bond acceptors (Lipinski definition) is 4. The summed E-state index contributed by atoms with van der Waals surface area (Å²) in [6.45, 7) is 3.75. The number of nitrogen functional groups attached to an aromatic ring is 1. The number of amides is 1. The van der Waals surface area contributed by atoms with E-state index in [9.17, 15) is 9.90 Å². The van der Waals surface area contributed by atoms with Gasteiger partial charge in [-0.2, -0.15) is 0 Å². The van der Waals surface area contributed by atoms with Gasteiger partial charge in [-0.3, -0.25) is 4.79 Å². The molecule has 5 heteroatoms. The standard InChI is InChI=1S/C13H20N2O3/c1-8(2)11(7-16)15-13(17)9-5-4-6-10(14)12(9)18-3/h4-6,8,11,16H,7,14H2,1-3H3,(H,15,17). The van der Waals surface area contributed by atoms with E-state index in [4.69, 9.17) is 10.5 Å². The lowest BCUT2D eigenvalue weighted by molar-refractivity contribution is 0.0894. The van der Waals surface area contributed by atoms with Crippen LogP contribution in [0.5, 0.6) is 5.75 Å². The maximum atomic E-state index is 12.1. The molecule has 0 fully saturated rings. The number of methoxy groups -OCH3 is 1. The van der Waals surface area contributed by atoms with E-state index >= 15 is 0 Å². The van der Waals surface area contributed by atoms with Crippen molar-refractivity contribution in [3.05, 3.63) is 23.8 Å². The largest absolute Gasteiger partial charge is 0.494 e. The van der Waals surface area contributed by atoms with Gasteiger partial charge >= 0.3 is 0 Å². The molecule has 0 heterocycles. The van der Waals surface area contributed by atoms with Crippen LogP contribution in [-0.4, -0.2) is 30.8 Å². The molecule has 4 N–H and O–H groups in total. The first kappa shape index (κ1) is 14.3. The van der Waals surface area contributed by atoms with Crippen LogP contribution in [0.1, 0.15) is 24.2 Å². The van der Waals surface area contributed by atoms with Gasteiger partial charge in [-0.15, -0.1) is 0 Å². The molecule has 0 aliphatic rings. The average Bonchev–Trinajstić information content (AvgIpc) is 2.34. The number of rotatable bonds is 5. The normalized spacial score (nSPS) is 12.3. The van der Waals surface area contributed by atoms with Crippen LogP contribution in [0.3, 0.4) is 0 Å². The summed E-state index contributed by atoms with van der Waals surface area (Å²) in [7, 11) is 1.47. The highest BCUT2D eigenvalue weighted by molar-refractivity contribution is 5.98. The first-order chi connectivity index (χ1) is 8.51. The monoisotopic (exact) mass is 252 g/mol. The van der Waals surface area contributed by atoms with Crippen LogP contribution in [0.15, 0.2) is 18.2 Å². The highest BCUT2D eigenvalue weighted by atomic mass is 16.5. The van der Waals surface area contributed by atoms with Gasteiger partial charge < -0.3 is 20.9 Å². The lowest BCUT2D eigenvalue weighted by atomic mass is 10.0. The highest BCUT2D eigenvalue weighted by Gasteiger charge is 2.19. The molecule has 0 saturated heterocycles. The highest BCUT2D eigenvalue weighted by Crippen LogP contribution is 2.25. The molecular weight excluding hydrogens is 232 g/mol. The number of ether oxygens (including phenoxy) is 1. The first-order valence-electron chi connectivity index (χ1n) is 5.85. The number of anilines is 1. The molecule has 1 aromatic rings. The molecule has 0 aliphatic carbocycles. The van der Waals surface area contributed by atoms with Gasteiger partial charge in [0.1, 0.15) is 0 Å². The first-order valence-corrected chi connectivity index (χ1v) is 5.85. The SMILES string of the molecule is COc1c(N)cccc1C(=O)NC(CO)C(C)C. The maximum absolute atomic E-state index is 12.1. The van der Waals surface area contributed by atoms with Gasteiger partial charge in [0.25, 0.3) is 5.91 Å². The van der Waals surface area contributed by atoms with Gasteiger partial charge in [0.2, 0.25) is 0 Å². The fraction of sp³-hybridized carbons (Fsp3) is 0.462. The number of hydrogen-bond donors (Lipinski definition) is 3. The molecule has 1 atom stereocenters. The Labute approximate surface area is 107 Å². The Kier molecular flexibility index (Phi) is 4.97. The Morgan fingerprint density at radius 2 is 2.17 bits per heavy atom. The lowest BCUT2D eigenvalue weighted by Gasteiger charge is -2.20. The second-order valence-electron chi connectivity index (χ2n) is 4.43. The van der Waals surface area contributed by atoms with E-state index < -0.39 is 0 Å². The lowest BCUT2D eigenvalue weighted by Crippen LogP contribution is -2.41. The van der Waals surface area contributed by atoms with Crippen LogP contribution in [0, 0.1) is 5.92 Å². The number of carbonyl (C=O) groups excluding carboxylic acids is 1.